The average molecular weight is 394 g/mol. The lowest BCUT2D eigenvalue weighted by Gasteiger charge is -2.35. The molecule has 150 valence electrons. The van der Waals surface area contributed by atoms with Crippen LogP contribution in [0, 0.1) is 5.82 Å². The van der Waals surface area contributed by atoms with Crippen LogP contribution in [-0.2, 0) is 13.1 Å². The van der Waals surface area contributed by atoms with E-state index in [9.17, 15) is 9.18 Å². The number of nitrogens with one attached hydrogen (secondary N) is 1. The number of carbonyl (C=O) groups is 1. The van der Waals surface area contributed by atoms with Crippen molar-refractivity contribution < 1.29 is 13.6 Å². The molecule has 0 spiro atoms. The Morgan fingerprint density at radius 1 is 1.03 bits per heavy atom. The number of piperazine rings is 1. The summed E-state index contributed by atoms with van der Waals surface area (Å²) in [4.78, 5) is 21.1. The Bertz CT molecular complexity index is 935. The Hall–Kier alpha value is -3.19. The van der Waals surface area contributed by atoms with E-state index in [1.54, 1.807) is 12.1 Å². The Balaban J connectivity index is 1.26. The van der Waals surface area contributed by atoms with Crippen LogP contribution in [0.2, 0.25) is 0 Å². The molecule has 1 aromatic heterocycles. The van der Waals surface area contributed by atoms with Crippen molar-refractivity contribution >= 4 is 11.6 Å². The summed E-state index contributed by atoms with van der Waals surface area (Å²) >= 11 is 0. The van der Waals surface area contributed by atoms with Gasteiger partial charge in [0.1, 0.15) is 12.1 Å². The molecule has 1 saturated heterocycles. The molecule has 0 saturated carbocycles. The standard InChI is InChI=1S/C22H23FN4O2/c23-18-6-8-19(9-7-18)27-12-10-26(11-13-27)15-21-25-20(16-29-21)22(28)24-14-17-4-2-1-3-5-17/h1-9,16H,10-15H2,(H,24,28). The third-order valence-corrected chi connectivity index (χ3v) is 5.00. The molecule has 0 unspecified atom stereocenters. The Labute approximate surface area is 169 Å². The summed E-state index contributed by atoms with van der Waals surface area (Å²) in [6.45, 7) is 4.38. The average Bonchev–Trinajstić information content (AvgIpc) is 3.23. The molecule has 1 N–H and O–H groups in total. The van der Waals surface area contributed by atoms with E-state index in [0.29, 0.717) is 24.7 Å². The van der Waals surface area contributed by atoms with Gasteiger partial charge in [0.25, 0.3) is 5.91 Å². The first-order chi connectivity index (χ1) is 14.2. The first kappa shape index (κ1) is 19.1. The zero-order valence-corrected chi connectivity index (χ0v) is 16.1. The quantitative estimate of drug-likeness (QED) is 0.696. The van der Waals surface area contributed by atoms with Crippen molar-refractivity contribution in [1.29, 1.82) is 0 Å². The molecule has 1 amide bonds. The molecule has 4 rings (SSSR count). The van der Waals surface area contributed by atoms with Gasteiger partial charge in [-0.2, -0.15) is 0 Å². The van der Waals surface area contributed by atoms with Crippen molar-refractivity contribution in [2.45, 2.75) is 13.1 Å². The molecule has 2 aromatic carbocycles. The molecule has 1 aliphatic rings. The summed E-state index contributed by atoms with van der Waals surface area (Å²) in [6, 6.07) is 16.3. The van der Waals surface area contributed by atoms with Gasteiger partial charge in [-0.05, 0) is 29.8 Å². The number of nitrogens with zero attached hydrogens (tertiary/aromatic N) is 3. The van der Waals surface area contributed by atoms with E-state index >= 15 is 0 Å². The number of oxazole rings is 1. The highest BCUT2D eigenvalue weighted by atomic mass is 19.1. The Kier molecular flexibility index (Phi) is 5.86. The minimum absolute atomic E-state index is 0.222. The van der Waals surface area contributed by atoms with Gasteiger partial charge >= 0.3 is 0 Å². The maximum Gasteiger partial charge on any atom is 0.273 e. The second-order valence-electron chi connectivity index (χ2n) is 7.03. The third kappa shape index (κ3) is 5.00. The molecule has 2 heterocycles. The van der Waals surface area contributed by atoms with Crippen LogP contribution in [0.25, 0.3) is 0 Å². The number of carbonyl (C=O) groups excluding carboxylic acids is 1. The van der Waals surface area contributed by atoms with Crippen LogP contribution in [0.3, 0.4) is 0 Å². The van der Waals surface area contributed by atoms with Crippen LogP contribution in [0.5, 0.6) is 0 Å². The predicted octanol–water partition coefficient (Wildman–Crippen LogP) is 3.07. The molecule has 3 aromatic rings. The van der Waals surface area contributed by atoms with E-state index in [1.165, 1.54) is 18.4 Å². The van der Waals surface area contributed by atoms with E-state index in [-0.39, 0.29) is 11.7 Å². The zero-order valence-electron chi connectivity index (χ0n) is 16.1. The van der Waals surface area contributed by atoms with Crippen LogP contribution in [0.1, 0.15) is 21.9 Å². The maximum atomic E-state index is 13.1. The van der Waals surface area contributed by atoms with Crippen molar-refractivity contribution in [3.63, 3.8) is 0 Å². The molecule has 7 heteroatoms. The van der Waals surface area contributed by atoms with Gasteiger partial charge in [0.15, 0.2) is 5.69 Å². The smallest absolute Gasteiger partial charge is 0.273 e. The molecule has 1 fully saturated rings. The number of anilines is 1. The van der Waals surface area contributed by atoms with E-state index in [2.05, 4.69) is 20.1 Å². The molecule has 0 bridgehead atoms. The normalized spacial score (nSPS) is 14.7. The fourth-order valence-corrected chi connectivity index (χ4v) is 3.36. The van der Waals surface area contributed by atoms with Crippen LogP contribution < -0.4 is 10.2 Å². The number of aromatic nitrogens is 1. The lowest BCUT2D eigenvalue weighted by molar-refractivity contribution is 0.0945. The first-order valence-corrected chi connectivity index (χ1v) is 9.67. The highest BCUT2D eigenvalue weighted by molar-refractivity contribution is 5.91. The molecule has 6 nitrogen and oxygen atoms in total. The zero-order chi connectivity index (χ0) is 20.1. The van der Waals surface area contributed by atoms with Crippen LogP contribution in [0.4, 0.5) is 10.1 Å². The summed E-state index contributed by atoms with van der Waals surface area (Å²) in [5.74, 6) is 0.0648. The molecular formula is C22H23FN4O2. The van der Waals surface area contributed by atoms with Gasteiger partial charge < -0.3 is 14.6 Å². The van der Waals surface area contributed by atoms with Crippen molar-refractivity contribution in [2.24, 2.45) is 0 Å². The summed E-state index contributed by atoms with van der Waals surface area (Å²) in [7, 11) is 0. The lowest BCUT2D eigenvalue weighted by atomic mass is 10.2. The van der Waals surface area contributed by atoms with Crippen LogP contribution in [-0.4, -0.2) is 42.0 Å². The number of hydrogen-bond acceptors (Lipinski definition) is 5. The summed E-state index contributed by atoms with van der Waals surface area (Å²) in [5, 5.41) is 2.85. The van der Waals surface area contributed by atoms with Gasteiger partial charge in [-0.3, -0.25) is 9.69 Å². The van der Waals surface area contributed by atoms with Gasteiger partial charge in [-0.15, -0.1) is 0 Å². The highest BCUT2D eigenvalue weighted by Crippen LogP contribution is 2.18. The third-order valence-electron chi connectivity index (χ3n) is 5.00. The maximum absolute atomic E-state index is 13.1. The second-order valence-corrected chi connectivity index (χ2v) is 7.03. The van der Waals surface area contributed by atoms with E-state index in [1.807, 2.05) is 30.3 Å². The molecule has 0 aliphatic carbocycles. The number of hydrogen-bond donors (Lipinski definition) is 1. The van der Waals surface area contributed by atoms with Crippen LogP contribution in [0.15, 0.2) is 65.3 Å². The number of benzene rings is 2. The van der Waals surface area contributed by atoms with Gasteiger partial charge in [0.2, 0.25) is 5.89 Å². The Morgan fingerprint density at radius 2 is 1.76 bits per heavy atom. The molecular weight excluding hydrogens is 371 g/mol. The largest absolute Gasteiger partial charge is 0.447 e. The van der Waals surface area contributed by atoms with E-state index in [0.717, 1.165) is 37.4 Å². The highest BCUT2D eigenvalue weighted by Gasteiger charge is 2.20. The van der Waals surface area contributed by atoms with Gasteiger partial charge in [0.05, 0.1) is 6.54 Å². The summed E-state index contributed by atoms with van der Waals surface area (Å²) < 4.78 is 18.6. The summed E-state index contributed by atoms with van der Waals surface area (Å²) in [5.41, 5.74) is 2.35. The minimum Gasteiger partial charge on any atom is -0.447 e. The van der Waals surface area contributed by atoms with Crippen molar-refractivity contribution in [3.8, 4) is 0 Å². The van der Waals surface area contributed by atoms with Crippen molar-refractivity contribution in [3.05, 3.63) is 83.8 Å². The van der Waals surface area contributed by atoms with Crippen molar-refractivity contribution in [1.82, 2.24) is 15.2 Å². The van der Waals surface area contributed by atoms with Gasteiger partial charge in [-0.1, -0.05) is 30.3 Å². The topological polar surface area (TPSA) is 61.6 Å². The van der Waals surface area contributed by atoms with Gasteiger partial charge in [0, 0.05) is 38.4 Å². The van der Waals surface area contributed by atoms with Crippen LogP contribution >= 0.6 is 0 Å². The SMILES string of the molecule is O=C(NCc1ccccc1)c1coc(CN2CCN(c3ccc(F)cc3)CC2)n1. The van der Waals surface area contributed by atoms with Crippen molar-refractivity contribution in [2.75, 3.05) is 31.1 Å². The van der Waals surface area contributed by atoms with E-state index < -0.39 is 0 Å². The number of rotatable bonds is 6. The predicted molar refractivity (Wildman–Crippen MR) is 108 cm³/mol. The van der Waals surface area contributed by atoms with Gasteiger partial charge in [-0.25, -0.2) is 9.37 Å². The Morgan fingerprint density at radius 3 is 2.48 bits per heavy atom. The molecule has 1 aliphatic heterocycles. The fraction of sp³-hybridized carbons (Fsp3) is 0.273. The molecule has 0 atom stereocenters. The molecule has 0 radical (unpaired) electrons. The first-order valence-electron chi connectivity index (χ1n) is 9.67. The minimum atomic E-state index is -0.245. The fourth-order valence-electron chi connectivity index (χ4n) is 3.36. The second kappa shape index (κ2) is 8.87. The van der Waals surface area contributed by atoms with E-state index in [4.69, 9.17) is 4.42 Å². The monoisotopic (exact) mass is 394 g/mol. The number of halogens is 1. The summed E-state index contributed by atoms with van der Waals surface area (Å²) in [6.07, 6.45) is 1.41. The number of amides is 1. The molecule has 29 heavy (non-hydrogen) atoms. The lowest BCUT2D eigenvalue weighted by Crippen LogP contribution is -2.46.